The van der Waals surface area contributed by atoms with Gasteiger partial charge in [-0.05, 0) is 37.3 Å². The Morgan fingerprint density at radius 1 is 1.50 bits per heavy atom. The largest absolute Gasteiger partial charge is 0.456 e. The fourth-order valence-electron chi connectivity index (χ4n) is 2.42. The van der Waals surface area contributed by atoms with Crippen LogP contribution in [0.2, 0.25) is 0 Å². The molecular formula is C14H20ClNO2. The highest BCUT2D eigenvalue weighted by atomic mass is 35.5. The molecule has 0 aliphatic heterocycles. The molecule has 2 unspecified atom stereocenters. The number of aryl methyl sites for hydroxylation is 1. The van der Waals surface area contributed by atoms with Crippen molar-refractivity contribution in [2.75, 3.05) is 6.54 Å². The summed E-state index contributed by atoms with van der Waals surface area (Å²) >= 11 is 6.13. The summed E-state index contributed by atoms with van der Waals surface area (Å²) in [6.45, 7) is 2.70. The van der Waals surface area contributed by atoms with E-state index < -0.39 is 0 Å². The van der Waals surface area contributed by atoms with E-state index in [4.69, 9.17) is 16.0 Å². The molecule has 18 heavy (non-hydrogen) atoms. The van der Waals surface area contributed by atoms with Gasteiger partial charge < -0.3 is 9.73 Å². The first-order valence-corrected chi connectivity index (χ1v) is 7.13. The maximum absolute atomic E-state index is 11.9. The minimum Gasteiger partial charge on any atom is -0.456 e. The van der Waals surface area contributed by atoms with E-state index >= 15 is 0 Å². The van der Waals surface area contributed by atoms with E-state index in [0.29, 0.717) is 18.2 Å². The third-order valence-corrected chi connectivity index (χ3v) is 3.90. The zero-order chi connectivity index (χ0) is 13.0. The molecule has 4 heteroatoms. The molecule has 1 aliphatic carbocycles. The van der Waals surface area contributed by atoms with E-state index in [1.54, 1.807) is 6.07 Å². The number of carbonyl (C=O) groups is 1. The van der Waals surface area contributed by atoms with Gasteiger partial charge in [-0.3, -0.25) is 4.79 Å². The van der Waals surface area contributed by atoms with Gasteiger partial charge in [0.15, 0.2) is 5.76 Å². The number of rotatable bonds is 4. The van der Waals surface area contributed by atoms with Gasteiger partial charge in [-0.25, -0.2) is 0 Å². The lowest BCUT2D eigenvalue weighted by molar-refractivity contribution is 0.0914. The molecule has 1 aromatic heterocycles. The fourth-order valence-corrected chi connectivity index (χ4v) is 2.83. The average molecular weight is 270 g/mol. The molecule has 1 amide bonds. The van der Waals surface area contributed by atoms with Crippen LogP contribution in [0.3, 0.4) is 0 Å². The first kappa shape index (κ1) is 13.5. The molecule has 1 fully saturated rings. The molecule has 2 atom stereocenters. The van der Waals surface area contributed by atoms with Crippen LogP contribution in [0.4, 0.5) is 0 Å². The second-order valence-electron chi connectivity index (χ2n) is 4.96. The Kier molecular flexibility index (Phi) is 4.70. The summed E-state index contributed by atoms with van der Waals surface area (Å²) in [5.74, 6) is 1.64. The van der Waals surface area contributed by atoms with E-state index in [0.717, 1.165) is 37.9 Å². The SMILES string of the molecule is CCc1ccc(C(=O)NCC2CCCC(Cl)C2)o1. The van der Waals surface area contributed by atoms with Gasteiger partial charge in [-0.2, -0.15) is 0 Å². The number of amides is 1. The lowest BCUT2D eigenvalue weighted by atomic mass is 9.89. The van der Waals surface area contributed by atoms with Crippen LogP contribution >= 0.6 is 11.6 Å². The van der Waals surface area contributed by atoms with Gasteiger partial charge in [0.05, 0.1) is 0 Å². The van der Waals surface area contributed by atoms with Crippen molar-refractivity contribution < 1.29 is 9.21 Å². The zero-order valence-corrected chi connectivity index (χ0v) is 11.5. The normalized spacial score (nSPS) is 23.9. The third-order valence-electron chi connectivity index (χ3n) is 3.50. The summed E-state index contributed by atoms with van der Waals surface area (Å²) < 4.78 is 5.42. The number of hydrogen-bond donors (Lipinski definition) is 1. The van der Waals surface area contributed by atoms with E-state index in [2.05, 4.69) is 5.32 Å². The van der Waals surface area contributed by atoms with Crippen molar-refractivity contribution in [1.29, 1.82) is 0 Å². The number of furan rings is 1. The molecule has 0 aromatic carbocycles. The topological polar surface area (TPSA) is 42.2 Å². The molecule has 1 aliphatic rings. The van der Waals surface area contributed by atoms with E-state index in [-0.39, 0.29) is 11.3 Å². The molecule has 0 spiro atoms. The average Bonchev–Trinajstić information content (AvgIpc) is 2.85. The number of halogens is 1. The molecule has 0 bridgehead atoms. The molecule has 100 valence electrons. The van der Waals surface area contributed by atoms with E-state index in [9.17, 15) is 4.79 Å². The molecule has 0 radical (unpaired) electrons. The maximum Gasteiger partial charge on any atom is 0.287 e. The third kappa shape index (κ3) is 3.52. The Labute approximate surface area is 113 Å². The van der Waals surface area contributed by atoms with Crippen LogP contribution in [0.5, 0.6) is 0 Å². The van der Waals surface area contributed by atoms with Crippen LogP contribution in [0.25, 0.3) is 0 Å². The number of carbonyl (C=O) groups excluding carboxylic acids is 1. The molecular weight excluding hydrogens is 250 g/mol. The molecule has 1 heterocycles. The Balaban J connectivity index is 1.80. The summed E-state index contributed by atoms with van der Waals surface area (Å²) in [6.07, 6.45) is 5.23. The van der Waals surface area contributed by atoms with Crippen molar-refractivity contribution in [3.05, 3.63) is 23.7 Å². The summed E-state index contributed by atoms with van der Waals surface area (Å²) in [7, 11) is 0. The number of hydrogen-bond acceptors (Lipinski definition) is 2. The molecule has 2 rings (SSSR count). The van der Waals surface area contributed by atoms with Crippen molar-refractivity contribution in [3.8, 4) is 0 Å². The number of alkyl halides is 1. The minimum absolute atomic E-state index is 0.119. The molecule has 1 saturated carbocycles. The van der Waals surface area contributed by atoms with Crippen LogP contribution in [-0.2, 0) is 6.42 Å². The predicted molar refractivity (Wildman–Crippen MR) is 72.0 cm³/mol. The van der Waals surface area contributed by atoms with Crippen molar-refractivity contribution in [1.82, 2.24) is 5.32 Å². The quantitative estimate of drug-likeness (QED) is 0.852. The Morgan fingerprint density at radius 3 is 3.00 bits per heavy atom. The van der Waals surface area contributed by atoms with Gasteiger partial charge in [0.1, 0.15) is 5.76 Å². The van der Waals surface area contributed by atoms with Crippen LogP contribution in [0.15, 0.2) is 16.5 Å². The first-order valence-electron chi connectivity index (χ1n) is 6.70. The standard InChI is InChI=1S/C14H20ClNO2/c1-2-12-6-7-13(18-12)14(17)16-9-10-4-3-5-11(15)8-10/h6-7,10-11H,2-5,8-9H2,1H3,(H,16,17). The zero-order valence-electron chi connectivity index (χ0n) is 10.7. The highest BCUT2D eigenvalue weighted by molar-refractivity contribution is 6.20. The highest BCUT2D eigenvalue weighted by Gasteiger charge is 2.21. The van der Waals surface area contributed by atoms with Gasteiger partial charge in [-0.1, -0.05) is 13.3 Å². The highest BCUT2D eigenvalue weighted by Crippen LogP contribution is 2.27. The summed E-state index contributed by atoms with van der Waals surface area (Å²) in [4.78, 5) is 11.9. The van der Waals surface area contributed by atoms with Crippen molar-refractivity contribution in [2.24, 2.45) is 5.92 Å². The smallest absolute Gasteiger partial charge is 0.287 e. The van der Waals surface area contributed by atoms with Crippen LogP contribution in [0, 0.1) is 5.92 Å². The summed E-state index contributed by atoms with van der Waals surface area (Å²) in [5.41, 5.74) is 0. The minimum atomic E-state index is -0.119. The second kappa shape index (κ2) is 6.28. The van der Waals surface area contributed by atoms with Gasteiger partial charge in [0.25, 0.3) is 5.91 Å². The van der Waals surface area contributed by atoms with E-state index in [1.165, 1.54) is 0 Å². The fraction of sp³-hybridized carbons (Fsp3) is 0.643. The van der Waals surface area contributed by atoms with E-state index in [1.807, 2.05) is 13.0 Å². The Hall–Kier alpha value is -0.960. The monoisotopic (exact) mass is 269 g/mol. The van der Waals surface area contributed by atoms with Gasteiger partial charge in [0.2, 0.25) is 0 Å². The summed E-state index contributed by atoms with van der Waals surface area (Å²) in [6, 6.07) is 3.59. The van der Waals surface area contributed by atoms with Crippen molar-refractivity contribution in [2.45, 2.75) is 44.4 Å². The molecule has 3 nitrogen and oxygen atoms in total. The summed E-state index contributed by atoms with van der Waals surface area (Å²) in [5, 5.41) is 3.21. The van der Waals surface area contributed by atoms with Crippen LogP contribution in [0.1, 0.15) is 48.9 Å². The van der Waals surface area contributed by atoms with Crippen molar-refractivity contribution in [3.63, 3.8) is 0 Å². The first-order chi connectivity index (χ1) is 8.69. The van der Waals surface area contributed by atoms with Gasteiger partial charge in [0, 0.05) is 18.3 Å². The molecule has 1 aromatic rings. The molecule has 1 N–H and O–H groups in total. The van der Waals surface area contributed by atoms with Crippen molar-refractivity contribution >= 4 is 17.5 Å². The second-order valence-corrected chi connectivity index (χ2v) is 5.58. The van der Waals surface area contributed by atoms with Gasteiger partial charge >= 0.3 is 0 Å². The van der Waals surface area contributed by atoms with Crippen LogP contribution < -0.4 is 5.32 Å². The Morgan fingerprint density at radius 2 is 2.33 bits per heavy atom. The lowest BCUT2D eigenvalue weighted by Gasteiger charge is -2.25. The maximum atomic E-state index is 11.9. The number of nitrogens with one attached hydrogen (secondary N) is 1. The molecule has 0 saturated heterocycles. The van der Waals surface area contributed by atoms with Gasteiger partial charge in [-0.15, -0.1) is 11.6 Å². The predicted octanol–water partition coefficient (Wildman–Crippen LogP) is 3.37. The Bertz CT molecular complexity index is 402. The lowest BCUT2D eigenvalue weighted by Crippen LogP contribution is -2.31. The van der Waals surface area contributed by atoms with Crippen LogP contribution in [-0.4, -0.2) is 17.8 Å².